The lowest BCUT2D eigenvalue weighted by Gasteiger charge is -2.13. The number of nitro benzene ring substituents is 1. The largest absolute Gasteiger partial charge is 0.493 e. The van der Waals surface area contributed by atoms with Crippen LogP contribution in [-0.4, -0.2) is 40.6 Å². The fraction of sp³-hybridized carbons (Fsp3) is 0.179. The molecule has 0 bridgehead atoms. The molecule has 1 heterocycles. The van der Waals surface area contributed by atoms with E-state index in [1.165, 1.54) is 31.4 Å². The molecule has 1 fully saturated rings. The number of nitrogens with zero attached hydrogens (tertiary/aromatic N) is 2. The average molecular weight is 548 g/mol. The molecule has 10 nitrogen and oxygen atoms in total. The minimum absolute atomic E-state index is 0.163. The zero-order valence-electron chi connectivity index (χ0n) is 21.4. The van der Waals surface area contributed by atoms with Crippen molar-refractivity contribution in [2.24, 2.45) is 0 Å². The highest BCUT2D eigenvalue weighted by Gasteiger charge is 2.36. The van der Waals surface area contributed by atoms with Gasteiger partial charge in [0, 0.05) is 17.3 Å². The van der Waals surface area contributed by atoms with Crippen molar-refractivity contribution in [2.75, 3.05) is 19.0 Å². The number of anilines is 1. The molecule has 0 saturated carbocycles. The molecule has 200 valence electrons. The number of para-hydroxylation sites is 1. The molecule has 3 aromatic rings. The van der Waals surface area contributed by atoms with Gasteiger partial charge in [0.15, 0.2) is 18.1 Å². The third kappa shape index (κ3) is 6.44. The van der Waals surface area contributed by atoms with Gasteiger partial charge in [0.2, 0.25) is 0 Å². The number of thioether (sulfide) groups is 1. The monoisotopic (exact) mass is 547 g/mol. The zero-order valence-corrected chi connectivity index (χ0v) is 22.2. The fourth-order valence-corrected chi connectivity index (χ4v) is 4.80. The highest BCUT2D eigenvalue weighted by molar-refractivity contribution is 8.18. The molecule has 0 atom stereocenters. The van der Waals surface area contributed by atoms with Crippen molar-refractivity contribution in [3.05, 3.63) is 97.9 Å². The Morgan fingerprint density at radius 3 is 2.56 bits per heavy atom. The normalized spacial score (nSPS) is 14.0. The summed E-state index contributed by atoms with van der Waals surface area (Å²) in [4.78, 5) is 49.8. The Morgan fingerprint density at radius 1 is 1.08 bits per heavy atom. The number of aryl methyl sites for hydroxylation is 2. The number of rotatable bonds is 9. The lowest BCUT2D eigenvalue weighted by molar-refractivity contribution is -0.385. The van der Waals surface area contributed by atoms with Gasteiger partial charge in [-0.3, -0.25) is 29.4 Å². The summed E-state index contributed by atoms with van der Waals surface area (Å²) in [5.41, 5.74) is 3.40. The Labute approximate surface area is 228 Å². The van der Waals surface area contributed by atoms with Crippen molar-refractivity contribution in [1.29, 1.82) is 0 Å². The fourth-order valence-electron chi connectivity index (χ4n) is 3.96. The molecule has 3 aromatic carbocycles. The van der Waals surface area contributed by atoms with Gasteiger partial charge in [-0.2, -0.15) is 0 Å². The molecule has 1 aliphatic rings. The van der Waals surface area contributed by atoms with Crippen molar-refractivity contribution in [2.45, 2.75) is 20.4 Å². The molecule has 39 heavy (non-hydrogen) atoms. The zero-order chi connectivity index (χ0) is 28.1. The average Bonchev–Trinajstić information content (AvgIpc) is 3.16. The number of carbonyl (C=O) groups is 3. The van der Waals surface area contributed by atoms with Crippen LogP contribution >= 0.6 is 11.8 Å². The third-order valence-electron chi connectivity index (χ3n) is 5.89. The minimum atomic E-state index is -0.550. The van der Waals surface area contributed by atoms with Crippen molar-refractivity contribution >= 4 is 46.3 Å². The molecule has 0 unspecified atom stereocenters. The van der Waals surface area contributed by atoms with Crippen LogP contribution in [0.5, 0.6) is 11.5 Å². The van der Waals surface area contributed by atoms with E-state index in [1.807, 2.05) is 32.0 Å². The van der Waals surface area contributed by atoms with E-state index in [0.717, 1.165) is 27.8 Å². The quantitative estimate of drug-likeness (QED) is 0.212. The first-order valence-electron chi connectivity index (χ1n) is 11.8. The standard InChI is InChI=1S/C28H25N3O7S/c1-17-8-10-21(18(2)12-17)29-26(32)16-38-23-11-9-19(13-24(23)37-3)14-25-27(33)30(28(34)39-25)15-20-6-4-5-7-22(20)31(35)36/h4-14H,15-16H2,1-3H3,(H,29,32)/b25-14-. The summed E-state index contributed by atoms with van der Waals surface area (Å²) >= 11 is 0.748. The number of nitrogens with one attached hydrogen (secondary N) is 1. The molecule has 1 aliphatic heterocycles. The van der Waals surface area contributed by atoms with Crippen LogP contribution in [0.1, 0.15) is 22.3 Å². The number of imide groups is 1. The van der Waals surface area contributed by atoms with E-state index in [-0.39, 0.29) is 35.2 Å². The number of hydrogen-bond donors (Lipinski definition) is 1. The topological polar surface area (TPSA) is 128 Å². The second-order valence-electron chi connectivity index (χ2n) is 8.72. The molecule has 4 rings (SSSR count). The van der Waals surface area contributed by atoms with Gasteiger partial charge in [0.1, 0.15) is 0 Å². The number of methoxy groups -OCH3 is 1. The molecule has 0 radical (unpaired) electrons. The molecule has 1 N–H and O–H groups in total. The van der Waals surface area contributed by atoms with E-state index in [2.05, 4.69) is 5.32 Å². The maximum Gasteiger partial charge on any atom is 0.293 e. The van der Waals surface area contributed by atoms with Gasteiger partial charge in [-0.25, -0.2) is 0 Å². The van der Waals surface area contributed by atoms with E-state index in [0.29, 0.717) is 22.7 Å². The molecular weight excluding hydrogens is 522 g/mol. The Balaban J connectivity index is 1.44. The number of ether oxygens (including phenoxy) is 2. The molecular formula is C28H25N3O7S. The Morgan fingerprint density at radius 2 is 1.85 bits per heavy atom. The van der Waals surface area contributed by atoms with Gasteiger partial charge < -0.3 is 14.8 Å². The number of benzene rings is 3. The highest BCUT2D eigenvalue weighted by atomic mass is 32.2. The summed E-state index contributed by atoms with van der Waals surface area (Å²) in [5, 5.41) is 13.6. The van der Waals surface area contributed by atoms with Crippen LogP contribution in [0.25, 0.3) is 6.08 Å². The Bertz CT molecular complexity index is 1500. The van der Waals surface area contributed by atoms with Crippen LogP contribution in [-0.2, 0) is 16.1 Å². The minimum Gasteiger partial charge on any atom is -0.493 e. The lowest BCUT2D eigenvalue weighted by atomic mass is 10.1. The van der Waals surface area contributed by atoms with Crippen LogP contribution in [0.3, 0.4) is 0 Å². The predicted molar refractivity (Wildman–Crippen MR) is 148 cm³/mol. The van der Waals surface area contributed by atoms with E-state index < -0.39 is 16.1 Å². The number of carbonyl (C=O) groups excluding carboxylic acids is 3. The van der Waals surface area contributed by atoms with Crippen LogP contribution in [0.4, 0.5) is 16.2 Å². The first kappa shape index (κ1) is 27.4. The van der Waals surface area contributed by atoms with Crippen molar-refractivity contribution in [1.82, 2.24) is 4.90 Å². The molecule has 0 spiro atoms. The van der Waals surface area contributed by atoms with Gasteiger partial charge >= 0.3 is 0 Å². The first-order valence-corrected chi connectivity index (χ1v) is 12.6. The summed E-state index contributed by atoms with van der Waals surface area (Å²) < 4.78 is 11.1. The Kier molecular flexibility index (Phi) is 8.30. The van der Waals surface area contributed by atoms with E-state index >= 15 is 0 Å². The first-order chi connectivity index (χ1) is 18.7. The second kappa shape index (κ2) is 11.8. The summed E-state index contributed by atoms with van der Waals surface area (Å²) in [6, 6.07) is 16.6. The predicted octanol–water partition coefficient (Wildman–Crippen LogP) is 5.47. The third-order valence-corrected chi connectivity index (χ3v) is 6.80. The van der Waals surface area contributed by atoms with Crippen LogP contribution in [0.2, 0.25) is 0 Å². The maximum absolute atomic E-state index is 12.9. The van der Waals surface area contributed by atoms with Crippen molar-refractivity contribution < 1.29 is 28.8 Å². The van der Waals surface area contributed by atoms with Crippen molar-refractivity contribution in [3.63, 3.8) is 0 Å². The van der Waals surface area contributed by atoms with Gasteiger partial charge in [0.25, 0.3) is 22.7 Å². The van der Waals surface area contributed by atoms with Crippen LogP contribution in [0, 0.1) is 24.0 Å². The second-order valence-corrected chi connectivity index (χ2v) is 9.71. The molecule has 1 saturated heterocycles. The SMILES string of the molecule is COc1cc(/C=C2\SC(=O)N(Cc3ccccc3[N+](=O)[O-])C2=O)ccc1OCC(=O)Nc1ccc(C)cc1C. The van der Waals surface area contributed by atoms with Gasteiger partial charge in [-0.1, -0.05) is 42.0 Å². The van der Waals surface area contributed by atoms with E-state index in [4.69, 9.17) is 9.47 Å². The lowest BCUT2D eigenvalue weighted by Crippen LogP contribution is -2.27. The molecule has 0 aromatic heterocycles. The highest BCUT2D eigenvalue weighted by Crippen LogP contribution is 2.36. The molecule has 0 aliphatic carbocycles. The summed E-state index contributed by atoms with van der Waals surface area (Å²) in [6.45, 7) is 3.43. The van der Waals surface area contributed by atoms with Gasteiger partial charge in [-0.05, 0) is 61.0 Å². The van der Waals surface area contributed by atoms with Gasteiger partial charge in [-0.15, -0.1) is 0 Å². The van der Waals surface area contributed by atoms with E-state index in [9.17, 15) is 24.5 Å². The van der Waals surface area contributed by atoms with Gasteiger partial charge in [0.05, 0.1) is 23.5 Å². The van der Waals surface area contributed by atoms with Crippen LogP contribution in [0.15, 0.2) is 65.6 Å². The smallest absolute Gasteiger partial charge is 0.293 e. The molecule has 3 amide bonds. The number of hydrogen-bond acceptors (Lipinski definition) is 8. The molecule has 11 heteroatoms. The summed E-state index contributed by atoms with van der Waals surface area (Å²) in [7, 11) is 1.45. The number of amides is 3. The summed E-state index contributed by atoms with van der Waals surface area (Å²) in [5.74, 6) is -0.219. The Hall–Kier alpha value is -4.64. The number of nitro groups is 1. The van der Waals surface area contributed by atoms with Crippen LogP contribution < -0.4 is 14.8 Å². The maximum atomic E-state index is 12.9. The van der Waals surface area contributed by atoms with Crippen molar-refractivity contribution in [3.8, 4) is 11.5 Å². The van der Waals surface area contributed by atoms with E-state index in [1.54, 1.807) is 24.3 Å². The summed E-state index contributed by atoms with van der Waals surface area (Å²) in [6.07, 6.45) is 1.53.